The monoisotopic (exact) mass is 447 g/mol. The van der Waals surface area contributed by atoms with Crippen molar-refractivity contribution in [3.8, 4) is 5.75 Å². The van der Waals surface area contributed by atoms with Crippen LogP contribution < -0.4 is 15.8 Å². The Balaban J connectivity index is 1.65. The highest BCUT2D eigenvalue weighted by atomic mass is 19.1. The van der Waals surface area contributed by atoms with Crippen LogP contribution in [0.3, 0.4) is 0 Å². The van der Waals surface area contributed by atoms with Crippen LogP contribution >= 0.6 is 0 Å². The first-order valence-electron chi connectivity index (χ1n) is 10.2. The van der Waals surface area contributed by atoms with E-state index in [0.717, 1.165) is 0 Å². The molecule has 0 aliphatic carbocycles. The summed E-state index contributed by atoms with van der Waals surface area (Å²) in [6, 6.07) is 13.1. The number of aromatic nitrogens is 3. The van der Waals surface area contributed by atoms with Crippen molar-refractivity contribution in [1.82, 2.24) is 14.8 Å². The Morgan fingerprint density at radius 2 is 1.91 bits per heavy atom. The zero-order chi connectivity index (χ0) is 23.7. The van der Waals surface area contributed by atoms with Gasteiger partial charge in [-0.1, -0.05) is 24.3 Å². The number of fused-ring (bicyclic) bond motifs is 1. The van der Waals surface area contributed by atoms with Crippen LogP contribution in [-0.2, 0) is 6.54 Å². The molecular formula is C24H22FN5O3. The van der Waals surface area contributed by atoms with Gasteiger partial charge in [-0.05, 0) is 43.7 Å². The van der Waals surface area contributed by atoms with Crippen molar-refractivity contribution in [3.63, 3.8) is 0 Å². The predicted molar refractivity (Wildman–Crippen MR) is 122 cm³/mol. The number of pyridine rings is 1. The normalized spacial score (nSPS) is 10.9. The van der Waals surface area contributed by atoms with E-state index in [1.54, 1.807) is 48.0 Å². The van der Waals surface area contributed by atoms with Gasteiger partial charge < -0.3 is 15.8 Å². The zero-order valence-corrected chi connectivity index (χ0v) is 18.3. The van der Waals surface area contributed by atoms with Gasteiger partial charge in [0.1, 0.15) is 5.69 Å². The molecule has 0 spiro atoms. The number of benzene rings is 2. The second kappa shape index (κ2) is 8.70. The van der Waals surface area contributed by atoms with E-state index in [-0.39, 0.29) is 17.0 Å². The maximum Gasteiger partial charge on any atom is 0.267 e. The molecule has 0 saturated heterocycles. The minimum absolute atomic E-state index is 0.00419. The van der Waals surface area contributed by atoms with E-state index in [4.69, 9.17) is 10.5 Å². The number of methoxy groups -OCH3 is 1. The van der Waals surface area contributed by atoms with Crippen molar-refractivity contribution in [2.45, 2.75) is 20.4 Å². The number of halogens is 1. The zero-order valence-electron chi connectivity index (χ0n) is 18.3. The van der Waals surface area contributed by atoms with Crippen LogP contribution in [0.4, 0.5) is 10.1 Å². The van der Waals surface area contributed by atoms with Crippen molar-refractivity contribution < 1.29 is 18.7 Å². The van der Waals surface area contributed by atoms with Gasteiger partial charge in [-0.2, -0.15) is 5.10 Å². The molecule has 3 N–H and O–H groups in total. The molecule has 168 valence electrons. The lowest BCUT2D eigenvalue weighted by atomic mass is 10.1. The van der Waals surface area contributed by atoms with Gasteiger partial charge in [-0.3, -0.25) is 14.3 Å². The van der Waals surface area contributed by atoms with E-state index in [0.29, 0.717) is 40.1 Å². The Morgan fingerprint density at radius 3 is 2.61 bits per heavy atom. The summed E-state index contributed by atoms with van der Waals surface area (Å²) >= 11 is 0. The summed E-state index contributed by atoms with van der Waals surface area (Å²) in [7, 11) is 1.41. The smallest absolute Gasteiger partial charge is 0.267 e. The number of nitrogens with one attached hydrogen (secondary N) is 1. The molecular weight excluding hydrogens is 425 g/mol. The highest BCUT2D eigenvalue weighted by molar-refractivity contribution is 6.14. The lowest BCUT2D eigenvalue weighted by Gasteiger charge is -2.10. The number of hydrogen-bond donors (Lipinski definition) is 2. The van der Waals surface area contributed by atoms with Gasteiger partial charge in [0.2, 0.25) is 0 Å². The molecule has 8 nitrogen and oxygen atoms in total. The first-order chi connectivity index (χ1) is 15.8. The van der Waals surface area contributed by atoms with Crippen LogP contribution in [0.2, 0.25) is 0 Å². The standard InChI is InChI=1S/C24H22FN5O3/c1-13-22(14(2)30(29-13)12-15-8-9-21(33-3)18(25)10-15)28-24(32)17-11-20(23(26)31)27-19-7-5-4-6-16(17)19/h4-11H,12H2,1-3H3,(H2,26,31)(H,28,32). The average molecular weight is 447 g/mol. The van der Waals surface area contributed by atoms with Crippen LogP contribution in [0.1, 0.15) is 37.8 Å². The molecule has 2 amide bonds. The van der Waals surface area contributed by atoms with E-state index in [9.17, 15) is 14.0 Å². The van der Waals surface area contributed by atoms with Crippen molar-refractivity contribution in [2.75, 3.05) is 12.4 Å². The Bertz CT molecular complexity index is 1400. The van der Waals surface area contributed by atoms with Crippen molar-refractivity contribution in [1.29, 1.82) is 0 Å². The Kier molecular flexibility index (Phi) is 5.78. The molecule has 0 aliphatic heterocycles. The molecule has 0 fully saturated rings. The quantitative estimate of drug-likeness (QED) is 0.469. The third kappa shape index (κ3) is 4.25. The highest BCUT2D eigenvalue weighted by Gasteiger charge is 2.19. The molecule has 0 atom stereocenters. The molecule has 4 rings (SSSR count). The highest BCUT2D eigenvalue weighted by Crippen LogP contribution is 2.25. The fraction of sp³-hybridized carbons (Fsp3) is 0.167. The number of aryl methyl sites for hydroxylation is 1. The molecule has 0 bridgehead atoms. The van der Waals surface area contributed by atoms with E-state index < -0.39 is 17.6 Å². The number of nitrogens with zero attached hydrogens (tertiary/aromatic N) is 3. The number of rotatable bonds is 6. The minimum atomic E-state index is -0.721. The summed E-state index contributed by atoms with van der Waals surface area (Å²) in [6.07, 6.45) is 0. The fourth-order valence-corrected chi connectivity index (χ4v) is 3.68. The largest absolute Gasteiger partial charge is 0.494 e. The van der Waals surface area contributed by atoms with Gasteiger partial charge in [-0.15, -0.1) is 0 Å². The van der Waals surface area contributed by atoms with E-state index in [2.05, 4.69) is 15.4 Å². The van der Waals surface area contributed by atoms with Crippen molar-refractivity contribution in [2.24, 2.45) is 5.73 Å². The number of primary amides is 1. The van der Waals surface area contributed by atoms with E-state index in [1.165, 1.54) is 19.2 Å². The lowest BCUT2D eigenvalue weighted by Crippen LogP contribution is -2.18. The molecule has 33 heavy (non-hydrogen) atoms. The van der Waals surface area contributed by atoms with E-state index in [1.807, 2.05) is 6.92 Å². The summed E-state index contributed by atoms with van der Waals surface area (Å²) in [5, 5.41) is 7.98. The van der Waals surface area contributed by atoms with Crippen molar-refractivity contribution in [3.05, 3.63) is 82.6 Å². The number of para-hydroxylation sites is 1. The van der Waals surface area contributed by atoms with Gasteiger partial charge in [0, 0.05) is 5.39 Å². The second-order valence-corrected chi connectivity index (χ2v) is 7.56. The molecule has 2 aromatic carbocycles. The molecule has 2 heterocycles. The Labute approximate surface area is 189 Å². The molecule has 0 aliphatic rings. The van der Waals surface area contributed by atoms with Gasteiger partial charge in [-0.25, -0.2) is 9.37 Å². The first-order valence-corrected chi connectivity index (χ1v) is 10.2. The van der Waals surface area contributed by atoms with Gasteiger partial charge >= 0.3 is 0 Å². The Hall–Kier alpha value is -4.27. The predicted octanol–water partition coefficient (Wildman–Crippen LogP) is 3.60. The van der Waals surface area contributed by atoms with Gasteiger partial charge in [0.05, 0.1) is 41.8 Å². The van der Waals surface area contributed by atoms with Crippen LogP contribution in [0.5, 0.6) is 5.75 Å². The van der Waals surface area contributed by atoms with Crippen LogP contribution in [0.25, 0.3) is 10.9 Å². The summed E-state index contributed by atoms with van der Waals surface area (Å²) in [5.74, 6) is -1.43. The molecule has 0 radical (unpaired) electrons. The van der Waals surface area contributed by atoms with Crippen molar-refractivity contribution >= 4 is 28.4 Å². The SMILES string of the molecule is COc1ccc(Cn2nc(C)c(NC(=O)c3cc(C(N)=O)nc4ccccc34)c2C)cc1F. The number of amides is 2. The lowest BCUT2D eigenvalue weighted by molar-refractivity contribution is 0.0996. The van der Waals surface area contributed by atoms with Crippen LogP contribution in [0.15, 0.2) is 48.5 Å². The molecule has 2 aromatic heterocycles. The number of carbonyl (C=O) groups is 2. The van der Waals surface area contributed by atoms with Crippen LogP contribution in [-0.4, -0.2) is 33.7 Å². The maximum atomic E-state index is 14.1. The number of anilines is 1. The van der Waals surface area contributed by atoms with Gasteiger partial charge in [0.15, 0.2) is 11.6 Å². The summed E-state index contributed by atoms with van der Waals surface area (Å²) in [6.45, 7) is 3.90. The summed E-state index contributed by atoms with van der Waals surface area (Å²) < 4.78 is 20.7. The Morgan fingerprint density at radius 1 is 1.15 bits per heavy atom. The maximum absolute atomic E-state index is 14.1. The fourth-order valence-electron chi connectivity index (χ4n) is 3.68. The minimum Gasteiger partial charge on any atom is -0.494 e. The molecule has 0 saturated carbocycles. The molecule has 0 unspecified atom stereocenters. The topological polar surface area (TPSA) is 112 Å². The van der Waals surface area contributed by atoms with Gasteiger partial charge in [0.25, 0.3) is 11.8 Å². The third-order valence-electron chi connectivity index (χ3n) is 5.38. The number of ether oxygens (including phenoxy) is 1. The summed E-state index contributed by atoms with van der Waals surface area (Å²) in [4.78, 5) is 29.1. The van der Waals surface area contributed by atoms with E-state index >= 15 is 0 Å². The first kappa shape index (κ1) is 21.9. The number of nitrogens with two attached hydrogens (primary N) is 1. The second-order valence-electron chi connectivity index (χ2n) is 7.56. The number of carbonyl (C=O) groups excluding carboxylic acids is 2. The number of hydrogen-bond acceptors (Lipinski definition) is 5. The third-order valence-corrected chi connectivity index (χ3v) is 5.38. The van der Waals surface area contributed by atoms with Crippen LogP contribution in [0, 0.1) is 19.7 Å². The molecule has 9 heteroatoms. The average Bonchev–Trinajstić information content (AvgIpc) is 3.05. The molecule has 4 aromatic rings. The summed E-state index contributed by atoms with van der Waals surface area (Å²) in [5.41, 5.74) is 8.70.